The number of ether oxygens (including phenoxy) is 1. The lowest BCUT2D eigenvalue weighted by atomic mass is 9.52. The van der Waals surface area contributed by atoms with Gasteiger partial charge in [-0.1, -0.05) is 13.0 Å². The molecule has 0 saturated heterocycles. The summed E-state index contributed by atoms with van der Waals surface area (Å²) < 4.78 is 5.57. The molecule has 4 rings (SSSR count). The van der Waals surface area contributed by atoms with E-state index in [1.165, 1.54) is 17.5 Å². The van der Waals surface area contributed by atoms with Gasteiger partial charge in [0.1, 0.15) is 5.75 Å². The first kappa shape index (κ1) is 15.5. The Labute approximate surface area is 138 Å². The predicted octanol–water partition coefficient (Wildman–Crippen LogP) is 3.48. The summed E-state index contributed by atoms with van der Waals surface area (Å²) in [6.45, 7) is 3.07. The number of phenols is 1. The van der Waals surface area contributed by atoms with Gasteiger partial charge in [-0.3, -0.25) is 0 Å². The zero-order chi connectivity index (χ0) is 16.2. The number of phenolic OH excluding ortho intramolecular Hbond substituents is 1. The molecule has 2 N–H and O–H groups in total. The molecule has 126 valence electrons. The first-order chi connectivity index (χ1) is 11.0. The summed E-state index contributed by atoms with van der Waals surface area (Å²) in [4.78, 5) is 0. The molecule has 0 amide bonds. The molecule has 3 nitrogen and oxygen atoms in total. The molecule has 0 radical (unpaired) electrons. The molecule has 3 aliphatic rings. The summed E-state index contributed by atoms with van der Waals surface area (Å²) in [6, 6.07) is 5.92. The maximum absolute atomic E-state index is 10.6. The summed E-state index contributed by atoms with van der Waals surface area (Å²) in [5.74, 6) is 2.62. The predicted molar refractivity (Wildman–Crippen MR) is 89.5 cm³/mol. The Hall–Kier alpha value is -1.06. The third-order valence-electron chi connectivity index (χ3n) is 7.16. The quantitative estimate of drug-likeness (QED) is 0.878. The minimum atomic E-state index is -0.158. The van der Waals surface area contributed by atoms with Gasteiger partial charge < -0.3 is 14.9 Å². The number of rotatable bonds is 2. The van der Waals surface area contributed by atoms with E-state index in [1.54, 1.807) is 7.11 Å². The van der Waals surface area contributed by atoms with Crippen LogP contribution in [0.2, 0.25) is 0 Å². The summed E-state index contributed by atoms with van der Waals surface area (Å²) in [5.41, 5.74) is 2.79. The Morgan fingerprint density at radius 3 is 2.87 bits per heavy atom. The molecule has 23 heavy (non-hydrogen) atoms. The molecular formula is C20H28O3. The van der Waals surface area contributed by atoms with Crippen LogP contribution in [0.15, 0.2) is 18.2 Å². The van der Waals surface area contributed by atoms with Gasteiger partial charge in [-0.15, -0.1) is 0 Å². The van der Waals surface area contributed by atoms with E-state index in [1.807, 2.05) is 12.1 Å². The van der Waals surface area contributed by atoms with Crippen molar-refractivity contribution in [1.29, 1.82) is 0 Å². The maximum atomic E-state index is 10.6. The number of aryl methyl sites for hydroxylation is 1. The molecule has 1 aromatic carbocycles. The van der Waals surface area contributed by atoms with Crippen molar-refractivity contribution in [3.05, 3.63) is 29.3 Å². The highest BCUT2D eigenvalue weighted by molar-refractivity contribution is 5.40. The van der Waals surface area contributed by atoms with Crippen LogP contribution in [0, 0.1) is 23.2 Å². The Balaban J connectivity index is 1.77. The van der Waals surface area contributed by atoms with Gasteiger partial charge >= 0.3 is 0 Å². The van der Waals surface area contributed by atoms with Crippen LogP contribution < -0.4 is 0 Å². The Bertz CT molecular complexity index is 599. The third kappa shape index (κ3) is 2.24. The van der Waals surface area contributed by atoms with Crippen molar-refractivity contribution >= 4 is 0 Å². The number of benzene rings is 1. The zero-order valence-corrected chi connectivity index (χ0v) is 14.2. The van der Waals surface area contributed by atoms with Crippen molar-refractivity contribution in [3.63, 3.8) is 0 Å². The third-order valence-corrected chi connectivity index (χ3v) is 7.16. The summed E-state index contributed by atoms with van der Waals surface area (Å²) >= 11 is 0. The van der Waals surface area contributed by atoms with E-state index < -0.39 is 0 Å². The van der Waals surface area contributed by atoms with Crippen molar-refractivity contribution in [2.45, 2.75) is 51.0 Å². The summed E-state index contributed by atoms with van der Waals surface area (Å²) in [5, 5.41) is 20.4. The second kappa shape index (κ2) is 5.49. The fourth-order valence-corrected chi connectivity index (χ4v) is 6.22. The van der Waals surface area contributed by atoms with Crippen LogP contribution in [0.3, 0.4) is 0 Å². The average molecular weight is 316 g/mol. The van der Waals surface area contributed by atoms with E-state index >= 15 is 0 Å². The number of hydrogen-bond acceptors (Lipinski definition) is 3. The number of aliphatic hydroxyl groups excluding tert-OH is 1. The van der Waals surface area contributed by atoms with Crippen molar-refractivity contribution in [3.8, 4) is 5.75 Å². The van der Waals surface area contributed by atoms with Crippen LogP contribution in [0.1, 0.15) is 49.7 Å². The molecule has 3 heteroatoms. The molecule has 1 aromatic rings. The molecule has 0 aromatic heterocycles. The number of hydrogen-bond donors (Lipinski definition) is 2. The largest absolute Gasteiger partial charge is 0.508 e. The van der Waals surface area contributed by atoms with Crippen molar-refractivity contribution in [2.75, 3.05) is 13.7 Å². The SMILES string of the molecule is COC[C@H]1C[C@]2(C)[C@@H](O)CC[C@H]2[C@@H]2CCc3cc(O)ccc3[C@@H]12. The molecule has 0 heterocycles. The highest BCUT2D eigenvalue weighted by atomic mass is 16.5. The van der Waals surface area contributed by atoms with Crippen LogP contribution in [0.25, 0.3) is 0 Å². The van der Waals surface area contributed by atoms with Gasteiger partial charge in [0.25, 0.3) is 0 Å². The number of fused-ring (bicyclic) bond motifs is 5. The normalized spacial score (nSPS) is 42.0. The van der Waals surface area contributed by atoms with E-state index in [0.717, 1.165) is 32.3 Å². The fourth-order valence-electron chi connectivity index (χ4n) is 6.22. The second-order valence-corrected chi connectivity index (χ2v) is 8.24. The maximum Gasteiger partial charge on any atom is 0.115 e. The highest BCUT2D eigenvalue weighted by Crippen LogP contribution is 2.62. The lowest BCUT2D eigenvalue weighted by molar-refractivity contribution is -0.0628. The van der Waals surface area contributed by atoms with E-state index in [9.17, 15) is 10.2 Å². The van der Waals surface area contributed by atoms with Crippen molar-refractivity contribution in [1.82, 2.24) is 0 Å². The van der Waals surface area contributed by atoms with Crippen molar-refractivity contribution < 1.29 is 14.9 Å². The topological polar surface area (TPSA) is 49.7 Å². The van der Waals surface area contributed by atoms with E-state index in [2.05, 4.69) is 13.0 Å². The smallest absolute Gasteiger partial charge is 0.115 e. The fraction of sp³-hybridized carbons (Fsp3) is 0.700. The first-order valence-corrected chi connectivity index (χ1v) is 9.03. The monoisotopic (exact) mass is 316 g/mol. The Morgan fingerprint density at radius 1 is 1.26 bits per heavy atom. The Kier molecular flexibility index (Phi) is 3.69. The second-order valence-electron chi connectivity index (χ2n) is 8.24. The first-order valence-electron chi connectivity index (χ1n) is 9.03. The molecule has 2 fully saturated rings. The van der Waals surface area contributed by atoms with Crippen LogP contribution in [0.4, 0.5) is 0 Å². The van der Waals surface area contributed by atoms with E-state index in [-0.39, 0.29) is 11.5 Å². The van der Waals surface area contributed by atoms with Gasteiger partial charge in [0.2, 0.25) is 0 Å². The zero-order valence-electron chi connectivity index (χ0n) is 14.2. The van der Waals surface area contributed by atoms with Crippen molar-refractivity contribution in [2.24, 2.45) is 23.2 Å². The lowest BCUT2D eigenvalue weighted by Gasteiger charge is -2.53. The molecule has 0 spiro atoms. The highest BCUT2D eigenvalue weighted by Gasteiger charge is 2.57. The summed E-state index contributed by atoms with van der Waals surface area (Å²) in [6.07, 6.45) is 5.22. The molecule has 0 aliphatic heterocycles. The molecule has 6 atom stereocenters. The van der Waals surface area contributed by atoms with Crippen LogP contribution in [-0.4, -0.2) is 30.0 Å². The Morgan fingerprint density at radius 2 is 2.09 bits per heavy atom. The van der Waals surface area contributed by atoms with Crippen LogP contribution in [-0.2, 0) is 11.2 Å². The van der Waals surface area contributed by atoms with E-state index in [4.69, 9.17) is 4.74 Å². The van der Waals surface area contributed by atoms with Gasteiger partial charge in [-0.2, -0.15) is 0 Å². The molecule has 2 saturated carbocycles. The standard InChI is InChI=1S/C20H28O3/c1-20-10-13(11-23-2)19-15-6-4-14(21)9-12(15)3-5-16(19)17(20)7-8-18(20)22/h4,6,9,13,16-19,21-22H,3,5,7-8,10-11H2,1-2H3/t13-,16+,17+,18+,19-,20+/m1/s1. The van der Waals surface area contributed by atoms with Gasteiger partial charge in [0, 0.05) is 13.7 Å². The van der Waals surface area contributed by atoms with Gasteiger partial charge in [0.15, 0.2) is 0 Å². The minimum Gasteiger partial charge on any atom is -0.508 e. The van der Waals surface area contributed by atoms with Gasteiger partial charge in [0.05, 0.1) is 6.10 Å². The number of aliphatic hydroxyl groups is 1. The number of aromatic hydroxyl groups is 1. The number of methoxy groups -OCH3 is 1. The molecule has 0 bridgehead atoms. The molecule has 0 unspecified atom stereocenters. The minimum absolute atomic E-state index is 0.0544. The van der Waals surface area contributed by atoms with E-state index in [0.29, 0.717) is 29.4 Å². The summed E-state index contributed by atoms with van der Waals surface area (Å²) in [7, 11) is 1.79. The van der Waals surface area contributed by atoms with Gasteiger partial charge in [-0.05, 0) is 84.5 Å². The van der Waals surface area contributed by atoms with Crippen LogP contribution >= 0.6 is 0 Å². The average Bonchev–Trinajstić information content (AvgIpc) is 2.82. The van der Waals surface area contributed by atoms with Gasteiger partial charge in [-0.25, -0.2) is 0 Å². The lowest BCUT2D eigenvalue weighted by Crippen LogP contribution is -2.48. The molecular weight excluding hydrogens is 288 g/mol. The molecule has 3 aliphatic carbocycles. The van der Waals surface area contributed by atoms with Crippen LogP contribution in [0.5, 0.6) is 5.75 Å².